The van der Waals surface area contributed by atoms with Crippen molar-refractivity contribution in [3.8, 4) is 17.2 Å². The molecule has 6 heterocycles. The number of pyridine rings is 1. The van der Waals surface area contributed by atoms with E-state index in [2.05, 4.69) is 40.5 Å². The van der Waals surface area contributed by atoms with Gasteiger partial charge in [0.05, 0.1) is 48.3 Å². The van der Waals surface area contributed by atoms with Crippen molar-refractivity contribution in [3.63, 3.8) is 0 Å². The maximum Gasteiger partial charge on any atom is 0.284 e. The Hall–Kier alpha value is -5.34. The van der Waals surface area contributed by atoms with Crippen LogP contribution in [0.15, 0.2) is 67.2 Å². The molecule has 3 saturated heterocycles. The van der Waals surface area contributed by atoms with E-state index in [9.17, 15) is 4.79 Å². The monoisotopic (exact) mass is 665 g/mol. The molecule has 1 unspecified atom stereocenters. The number of nitrogens with zero attached hydrogens (tertiary/aromatic N) is 7. The number of likely N-dealkylation sites (N-methyl/N-ethyl adjacent to an activating group) is 1. The predicted molar refractivity (Wildman–Crippen MR) is 183 cm³/mol. The normalized spacial score (nSPS) is 18.8. The molecule has 2 N–H and O–H groups in total. The molecule has 0 radical (unpaired) electrons. The van der Waals surface area contributed by atoms with Crippen LogP contribution in [0.5, 0.6) is 17.2 Å². The lowest BCUT2D eigenvalue weighted by atomic mass is 9.77. The molecule has 3 aromatic heterocycles. The molecule has 1 atom stereocenters. The third-order valence-corrected chi connectivity index (χ3v) is 9.57. The van der Waals surface area contributed by atoms with Gasteiger partial charge in [0.15, 0.2) is 11.5 Å². The van der Waals surface area contributed by atoms with Crippen LogP contribution in [0.1, 0.15) is 18.4 Å². The smallest absolute Gasteiger partial charge is 0.284 e. The lowest BCUT2D eigenvalue weighted by molar-refractivity contribution is -0.127. The summed E-state index contributed by atoms with van der Waals surface area (Å²) in [6.07, 6.45) is 7.96. The number of aryl methyl sites for hydroxylation is 1. The summed E-state index contributed by atoms with van der Waals surface area (Å²) in [7, 11) is 3.52. The molecule has 1 amide bonds. The van der Waals surface area contributed by atoms with Crippen molar-refractivity contribution in [1.29, 1.82) is 0 Å². The summed E-state index contributed by atoms with van der Waals surface area (Å²) in [5, 5.41) is 11.0. The number of carbonyl (C=O) groups is 1. The highest BCUT2D eigenvalue weighted by molar-refractivity contribution is 6.07. The second-order valence-corrected chi connectivity index (χ2v) is 13.1. The third kappa shape index (κ3) is 5.86. The van der Waals surface area contributed by atoms with Gasteiger partial charge in [-0.3, -0.25) is 9.69 Å². The number of aromatic nitrogens is 5. The molecular formula is C35H36FN9O4. The predicted octanol–water partition coefficient (Wildman–Crippen LogP) is 5.25. The quantitative estimate of drug-likeness (QED) is 0.200. The van der Waals surface area contributed by atoms with E-state index in [4.69, 9.17) is 14.2 Å². The van der Waals surface area contributed by atoms with Crippen molar-refractivity contribution in [2.45, 2.75) is 25.8 Å². The lowest BCUT2D eigenvalue weighted by Crippen LogP contribution is -2.66. The van der Waals surface area contributed by atoms with Gasteiger partial charge in [-0.05, 0) is 69.3 Å². The van der Waals surface area contributed by atoms with E-state index in [-0.39, 0.29) is 11.5 Å². The summed E-state index contributed by atoms with van der Waals surface area (Å²) >= 11 is 0. The first-order valence-corrected chi connectivity index (χ1v) is 16.2. The first-order valence-electron chi connectivity index (χ1n) is 16.2. The van der Waals surface area contributed by atoms with Crippen LogP contribution in [-0.2, 0) is 9.53 Å². The number of benzene rings is 2. The van der Waals surface area contributed by atoms with Crippen molar-refractivity contribution in [2.24, 2.45) is 5.41 Å². The van der Waals surface area contributed by atoms with E-state index in [1.165, 1.54) is 18.7 Å². The Morgan fingerprint density at radius 3 is 2.69 bits per heavy atom. The maximum absolute atomic E-state index is 15.3. The number of likely N-dealkylation sites (tertiary alicyclic amines) is 1. The first-order chi connectivity index (χ1) is 23.8. The van der Waals surface area contributed by atoms with Crippen LogP contribution in [0.4, 0.5) is 27.3 Å². The molecule has 13 nitrogen and oxygen atoms in total. The van der Waals surface area contributed by atoms with Crippen LogP contribution < -0.4 is 25.0 Å². The number of rotatable bonds is 9. The fourth-order valence-corrected chi connectivity index (χ4v) is 6.79. The highest BCUT2D eigenvalue weighted by Gasteiger charge is 2.49. The number of anilines is 4. The Morgan fingerprint density at radius 2 is 1.94 bits per heavy atom. The highest BCUT2D eigenvalue weighted by atomic mass is 19.1. The molecule has 0 bridgehead atoms. The van der Waals surface area contributed by atoms with E-state index in [1.807, 2.05) is 32.2 Å². The Kier molecular flexibility index (Phi) is 7.76. The average Bonchev–Trinajstić information content (AvgIpc) is 3.69. The Morgan fingerprint density at radius 1 is 1.08 bits per heavy atom. The van der Waals surface area contributed by atoms with Crippen molar-refractivity contribution in [1.82, 2.24) is 29.5 Å². The fourth-order valence-electron chi connectivity index (χ4n) is 6.79. The summed E-state index contributed by atoms with van der Waals surface area (Å²) in [5.74, 6) is 0.648. The van der Waals surface area contributed by atoms with Gasteiger partial charge in [-0.25, -0.2) is 23.9 Å². The van der Waals surface area contributed by atoms with Gasteiger partial charge in [0.25, 0.3) is 5.91 Å². The zero-order valence-electron chi connectivity index (χ0n) is 27.4. The largest absolute Gasteiger partial charge is 0.494 e. The van der Waals surface area contributed by atoms with E-state index in [1.54, 1.807) is 36.0 Å². The molecular weight excluding hydrogens is 629 g/mol. The molecule has 2 aromatic carbocycles. The van der Waals surface area contributed by atoms with Gasteiger partial charge in [0.2, 0.25) is 0 Å². The van der Waals surface area contributed by atoms with Crippen molar-refractivity contribution >= 4 is 45.3 Å². The SMILES string of the molecule is COc1cc(Oc2ccn3ncnc3c2)c(C)cc1Nc1ncnc2cc(N3CC4(COC4)C3)c(NC(=O)C(F)=CC3CCCN3C)cc12. The van der Waals surface area contributed by atoms with Crippen LogP contribution in [0.3, 0.4) is 0 Å². The van der Waals surface area contributed by atoms with E-state index in [0.29, 0.717) is 64.2 Å². The summed E-state index contributed by atoms with van der Waals surface area (Å²) in [6, 6.07) is 11.0. The second-order valence-electron chi connectivity index (χ2n) is 13.1. The van der Waals surface area contributed by atoms with E-state index >= 15 is 4.39 Å². The second kappa shape index (κ2) is 12.3. The number of nitrogens with one attached hydrogen (secondary N) is 2. The van der Waals surface area contributed by atoms with Gasteiger partial charge in [-0.1, -0.05) is 0 Å². The minimum Gasteiger partial charge on any atom is -0.494 e. The summed E-state index contributed by atoms with van der Waals surface area (Å²) < 4.78 is 34.4. The summed E-state index contributed by atoms with van der Waals surface area (Å²) in [5.41, 5.74) is 4.21. The standard InChI is InChI=1S/C35H36FN9O4/c1-21-9-28(31(47-3)14-30(21)49-23-6-8-45-32(11-23)38-20-40-45)41-33-24-12-27(42-34(46)25(36)10-22-5-4-7-43(22)2)29(13-26(24)37-19-39-33)44-15-35(16-44)17-48-18-35/h6,8-14,19-20,22H,4-5,7,15-18H2,1-3H3,(H,42,46)(H,37,39,41). The summed E-state index contributed by atoms with van der Waals surface area (Å²) in [6.45, 7) is 5.79. The molecule has 0 saturated carbocycles. The topological polar surface area (TPSA) is 131 Å². The van der Waals surface area contributed by atoms with Gasteiger partial charge in [0.1, 0.15) is 35.7 Å². The Labute approximate surface area is 281 Å². The number of halogens is 1. The van der Waals surface area contributed by atoms with Crippen LogP contribution >= 0.6 is 0 Å². The Balaban J connectivity index is 1.11. The molecule has 49 heavy (non-hydrogen) atoms. The molecule has 3 fully saturated rings. The molecule has 0 aliphatic carbocycles. The number of methoxy groups -OCH3 is 1. The van der Waals surface area contributed by atoms with Gasteiger partial charge in [0, 0.05) is 42.8 Å². The van der Waals surface area contributed by atoms with Crippen LogP contribution in [0, 0.1) is 12.3 Å². The average molecular weight is 666 g/mol. The van der Waals surface area contributed by atoms with Crippen molar-refractivity contribution in [3.05, 3.63) is 72.7 Å². The molecule has 5 aromatic rings. The number of hydrogen-bond donors (Lipinski definition) is 2. The fraction of sp³-hybridized carbons (Fsp3) is 0.343. The van der Waals surface area contributed by atoms with E-state index in [0.717, 1.165) is 43.7 Å². The minimum absolute atomic E-state index is 0.104. The molecule has 14 heteroatoms. The van der Waals surface area contributed by atoms with Crippen molar-refractivity contribution < 1.29 is 23.4 Å². The molecule has 3 aliphatic rings. The van der Waals surface area contributed by atoms with Gasteiger partial charge in [-0.2, -0.15) is 5.10 Å². The summed E-state index contributed by atoms with van der Waals surface area (Å²) in [4.78, 5) is 30.8. The molecule has 1 spiro atoms. The highest BCUT2D eigenvalue weighted by Crippen LogP contribution is 2.45. The molecule has 8 rings (SSSR count). The van der Waals surface area contributed by atoms with Crippen LogP contribution in [0.2, 0.25) is 0 Å². The van der Waals surface area contributed by atoms with E-state index < -0.39 is 11.7 Å². The molecule has 252 valence electrons. The van der Waals surface area contributed by atoms with Crippen molar-refractivity contribution in [2.75, 3.05) is 62.5 Å². The van der Waals surface area contributed by atoms with Gasteiger partial charge < -0.3 is 29.7 Å². The number of hydrogen-bond acceptors (Lipinski definition) is 11. The van der Waals surface area contributed by atoms with Crippen LogP contribution in [-0.4, -0.2) is 88.4 Å². The zero-order valence-corrected chi connectivity index (χ0v) is 27.4. The number of ether oxygens (including phenoxy) is 3. The first kappa shape index (κ1) is 31.0. The Bertz CT molecular complexity index is 2110. The van der Waals surface area contributed by atoms with Gasteiger partial charge >= 0.3 is 0 Å². The minimum atomic E-state index is -0.802. The lowest BCUT2D eigenvalue weighted by Gasteiger charge is -2.56. The maximum atomic E-state index is 15.3. The van der Waals surface area contributed by atoms with Crippen LogP contribution in [0.25, 0.3) is 16.6 Å². The third-order valence-electron chi connectivity index (χ3n) is 9.57. The number of carbonyl (C=O) groups excluding carboxylic acids is 1. The number of amides is 1. The zero-order chi connectivity index (χ0) is 33.7. The number of fused-ring (bicyclic) bond motifs is 2. The molecule has 3 aliphatic heterocycles. The van der Waals surface area contributed by atoms with Gasteiger partial charge in [-0.15, -0.1) is 0 Å².